The van der Waals surface area contributed by atoms with Crippen LogP contribution in [0.2, 0.25) is 0 Å². The molecule has 4 nitrogen and oxygen atoms in total. The fourth-order valence-corrected chi connectivity index (χ4v) is 2.81. The first-order chi connectivity index (χ1) is 8.59. The Labute approximate surface area is 119 Å². The van der Waals surface area contributed by atoms with Crippen LogP contribution in [0.1, 0.15) is 29.6 Å². The molecule has 1 atom stereocenters. The Balaban J connectivity index is 2.23. The summed E-state index contributed by atoms with van der Waals surface area (Å²) in [6.45, 7) is 0.454. The molecule has 1 aromatic rings. The van der Waals surface area contributed by atoms with Crippen molar-refractivity contribution in [2.24, 2.45) is 0 Å². The maximum atomic E-state index is 12.4. The quantitative estimate of drug-likeness (QED) is 0.653. The van der Waals surface area contributed by atoms with Gasteiger partial charge in [0.2, 0.25) is 0 Å². The first-order valence-corrected chi connectivity index (χ1v) is 6.97. The molecule has 0 spiro atoms. The lowest BCUT2D eigenvalue weighted by Crippen LogP contribution is -2.47. The molecule has 1 unspecified atom stereocenters. The summed E-state index contributed by atoms with van der Waals surface area (Å²) < 4.78 is 0.983. The van der Waals surface area contributed by atoms with Gasteiger partial charge in [-0.25, -0.2) is 4.79 Å². The summed E-state index contributed by atoms with van der Waals surface area (Å²) in [6, 6.07) is 6.77. The third kappa shape index (κ3) is 2.82. The largest absolute Gasteiger partial charge is 0.465 e. The molecule has 0 radical (unpaired) electrons. The zero-order valence-corrected chi connectivity index (χ0v) is 12.0. The molecule has 18 heavy (non-hydrogen) atoms. The number of ketones is 1. The summed E-state index contributed by atoms with van der Waals surface area (Å²) in [7, 11) is 0. The predicted molar refractivity (Wildman–Crippen MR) is 75.9 cm³/mol. The van der Waals surface area contributed by atoms with Gasteiger partial charge in [-0.2, -0.15) is 0 Å². The van der Waals surface area contributed by atoms with E-state index in [1.54, 1.807) is 12.1 Å². The third-order valence-electron chi connectivity index (χ3n) is 3.16. The molecule has 1 fully saturated rings. The van der Waals surface area contributed by atoms with Crippen LogP contribution in [0.5, 0.6) is 0 Å². The Bertz CT molecular complexity index is 475. The van der Waals surface area contributed by atoms with E-state index >= 15 is 0 Å². The lowest BCUT2D eigenvalue weighted by atomic mass is 9.95. The number of benzene rings is 1. The highest BCUT2D eigenvalue weighted by Gasteiger charge is 2.32. The molecule has 1 heterocycles. The molecule has 2 rings (SSSR count). The second kappa shape index (κ2) is 5.69. The highest BCUT2D eigenvalue weighted by molar-refractivity contribution is 14.1. The van der Waals surface area contributed by atoms with Crippen LogP contribution in [0.15, 0.2) is 24.3 Å². The lowest BCUT2D eigenvalue weighted by molar-refractivity contribution is 0.0714. The average molecular weight is 359 g/mol. The van der Waals surface area contributed by atoms with Crippen LogP contribution in [0.3, 0.4) is 0 Å². The van der Waals surface area contributed by atoms with E-state index in [1.165, 1.54) is 4.90 Å². The van der Waals surface area contributed by atoms with Crippen LogP contribution in [0, 0.1) is 3.57 Å². The van der Waals surface area contributed by atoms with Gasteiger partial charge in [0.05, 0.1) is 6.04 Å². The molecule has 1 aromatic carbocycles. The van der Waals surface area contributed by atoms with Gasteiger partial charge in [0.25, 0.3) is 0 Å². The van der Waals surface area contributed by atoms with E-state index in [9.17, 15) is 9.59 Å². The first-order valence-electron chi connectivity index (χ1n) is 5.89. The molecular formula is C13H14INO3. The maximum Gasteiger partial charge on any atom is 0.407 e. The van der Waals surface area contributed by atoms with Gasteiger partial charge in [0.1, 0.15) is 0 Å². The van der Waals surface area contributed by atoms with E-state index in [-0.39, 0.29) is 5.78 Å². The Hall–Kier alpha value is -1.11. The monoisotopic (exact) mass is 359 g/mol. The molecular weight excluding hydrogens is 345 g/mol. The van der Waals surface area contributed by atoms with Gasteiger partial charge in [-0.3, -0.25) is 9.69 Å². The first kappa shape index (κ1) is 13.3. The topological polar surface area (TPSA) is 57.6 Å². The number of nitrogens with zero attached hydrogens (tertiary/aromatic N) is 1. The second-order valence-corrected chi connectivity index (χ2v) is 5.61. The number of piperidine rings is 1. The van der Waals surface area contributed by atoms with Crippen LogP contribution in [0.4, 0.5) is 4.79 Å². The van der Waals surface area contributed by atoms with Crippen molar-refractivity contribution in [1.29, 1.82) is 0 Å². The zero-order chi connectivity index (χ0) is 13.1. The highest BCUT2D eigenvalue weighted by Crippen LogP contribution is 2.21. The minimum Gasteiger partial charge on any atom is -0.465 e. The number of amides is 1. The lowest BCUT2D eigenvalue weighted by Gasteiger charge is -2.32. The number of hydrogen-bond acceptors (Lipinski definition) is 2. The third-order valence-corrected chi connectivity index (χ3v) is 3.83. The minimum absolute atomic E-state index is 0.0874. The zero-order valence-electron chi connectivity index (χ0n) is 9.80. The molecule has 1 aliphatic rings. The van der Waals surface area contributed by atoms with Crippen molar-refractivity contribution in [3.63, 3.8) is 0 Å². The van der Waals surface area contributed by atoms with E-state index in [0.29, 0.717) is 18.5 Å². The van der Waals surface area contributed by atoms with Crippen LogP contribution in [-0.2, 0) is 0 Å². The number of halogens is 1. The van der Waals surface area contributed by atoms with E-state index in [4.69, 9.17) is 5.11 Å². The number of rotatable bonds is 2. The van der Waals surface area contributed by atoms with Gasteiger partial charge in [-0.05, 0) is 54.0 Å². The number of likely N-dealkylation sites (tertiary alicyclic amines) is 1. The average Bonchev–Trinajstić information content (AvgIpc) is 2.38. The van der Waals surface area contributed by atoms with Crippen LogP contribution in [0.25, 0.3) is 0 Å². The van der Waals surface area contributed by atoms with Gasteiger partial charge in [-0.15, -0.1) is 0 Å². The summed E-state index contributed by atoms with van der Waals surface area (Å²) in [6.07, 6.45) is 1.36. The fraction of sp³-hybridized carbons (Fsp3) is 0.385. The highest BCUT2D eigenvalue weighted by atomic mass is 127. The van der Waals surface area contributed by atoms with Crippen molar-refractivity contribution in [3.8, 4) is 0 Å². The number of carbonyl (C=O) groups is 2. The molecule has 1 aliphatic heterocycles. The van der Waals surface area contributed by atoms with Crippen LogP contribution in [-0.4, -0.2) is 34.5 Å². The molecule has 1 saturated heterocycles. The molecule has 0 aliphatic carbocycles. The Morgan fingerprint density at radius 1 is 1.33 bits per heavy atom. The standard InChI is InChI=1S/C13H14INO3/c14-10-5-3-4-9(8-10)12(16)11-6-1-2-7-15(11)13(17)18/h3-5,8,11H,1-2,6-7H2,(H,17,18). The van der Waals surface area contributed by atoms with Crippen molar-refractivity contribution in [3.05, 3.63) is 33.4 Å². The van der Waals surface area contributed by atoms with Gasteiger partial charge >= 0.3 is 6.09 Å². The molecule has 0 bridgehead atoms. The molecule has 1 amide bonds. The number of carbonyl (C=O) groups excluding carboxylic acids is 1. The predicted octanol–water partition coefficient (Wildman–Crippen LogP) is 3.01. The number of carboxylic acid groups (broad SMARTS) is 1. The summed E-state index contributed by atoms with van der Waals surface area (Å²) in [5.74, 6) is -0.0874. The van der Waals surface area contributed by atoms with Crippen molar-refractivity contribution in [1.82, 2.24) is 4.90 Å². The molecule has 5 heteroatoms. The van der Waals surface area contributed by atoms with Gasteiger partial charge in [-0.1, -0.05) is 12.1 Å². The van der Waals surface area contributed by atoms with Crippen LogP contribution < -0.4 is 0 Å². The molecule has 96 valence electrons. The fourth-order valence-electron chi connectivity index (χ4n) is 2.27. The number of hydrogen-bond donors (Lipinski definition) is 1. The molecule has 1 N–H and O–H groups in total. The summed E-state index contributed by atoms with van der Waals surface area (Å²) in [5.41, 5.74) is 0.597. The number of Topliss-reactive ketones (excluding diaryl/α,β-unsaturated/α-hetero) is 1. The van der Waals surface area contributed by atoms with Crippen molar-refractivity contribution < 1.29 is 14.7 Å². The maximum absolute atomic E-state index is 12.4. The Morgan fingerprint density at radius 3 is 2.78 bits per heavy atom. The van der Waals surface area contributed by atoms with E-state index in [0.717, 1.165) is 16.4 Å². The second-order valence-electron chi connectivity index (χ2n) is 4.36. The van der Waals surface area contributed by atoms with E-state index in [2.05, 4.69) is 22.6 Å². The molecule has 0 aromatic heterocycles. The summed E-state index contributed by atoms with van der Waals surface area (Å²) in [5, 5.41) is 9.13. The smallest absolute Gasteiger partial charge is 0.407 e. The van der Waals surface area contributed by atoms with E-state index in [1.807, 2.05) is 12.1 Å². The Kier molecular flexibility index (Phi) is 4.21. The van der Waals surface area contributed by atoms with Crippen molar-refractivity contribution in [2.45, 2.75) is 25.3 Å². The van der Waals surface area contributed by atoms with Crippen molar-refractivity contribution >= 4 is 34.5 Å². The van der Waals surface area contributed by atoms with E-state index < -0.39 is 12.1 Å². The van der Waals surface area contributed by atoms with Gasteiger partial charge in [0.15, 0.2) is 5.78 Å². The normalized spacial score (nSPS) is 19.6. The summed E-state index contributed by atoms with van der Waals surface area (Å²) in [4.78, 5) is 24.8. The SMILES string of the molecule is O=C(c1cccc(I)c1)C1CCCCN1C(=O)O. The summed E-state index contributed by atoms with van der Waals surface area (Å²) >= 11 is 2.15. The van der Waals surface area contributed by atoms with Gasteiger partial charge < -0.3 is 5.11 Å². The minimum atomic E-state index is -1.00. The van der Waals surface area contributed by atoms with Crippen molar-refractivity contribution in [2.75, 3.05) is 6.54 Å². The van der Waals surface area contributed by atoms with Gasteiger partial charge in [0, 0.05) is 15.7 Å². The molecule has 0 saturated carbocycles. The Morgan fingerprint density at radius 2 is 2.11 bits per heavy atom. The van der Waals surface area contributed by atoms with Crippen LogP contribution >= 0.6 is 22.6 Å².